The van der Waals surface area contributed by atoms with E-state index in [1.165, 1.54) is 17.2 Å². The zero-order chi connectivity index (χ0) is 21.8. The van der Waals surface area contributed by atoms with E-state index in [0.717, 1.165) is 13.0 Å². The van der Waals surface area contributed by atoms with E-state index >= 15 is 0 Å². The number of anilines is 1. The van der Waals surface area contributed by atoms with Gasteiger partial charge in [-0.15, -0.1) is 0 Å². The number of nitrogens with one attached hydrogen (secondary N) is 1. The summed E-state index contributed by atoms with van der Waals surface area (Å²) in [5.41, 5.74) is 12.2. The standard InChI is InChI=1S/C18H29N7O5/c1-2-5-21-9(3-4-10(19)18(28)29)6-11-13(26)14(27)17(30-11)25-8-24-12-15(20)22-7-23-16(12)25/h7-11,13-14,17,21,26-27H,2-6,19H2,1H3,(H,28,29)(H2,20,22,23)/t9?,10-,11+,13+,14+,17+/m0/s1. The van der Waals surface area contributed by atoms with Crippen molar-refractivity contribution in [3.8, 4) is 0 Å². The summed E-state index contributed by atoms with van der Waals surface area (Å²) in [5.74, 6) is -0.841. The maximum absolute atomic E-state index is 11.0. The number of carboxylic acid groups (broad SMARTS) is 1. The smallest absolute Gasteiger partial charge is 0.320 e. The highest BCUT2D eigenvalue weighted by atomic mass is 16.6. The minimum absolute atomic E-state index is 0.126. The molecule has 12 heteroatoms. The van der Waals surface area contributed by atoms with E-state index in [1.807, 2.05) is 6.92 Å². The Balaban J connectivity index is 1.72. The van der Waals surface area contributed by atoms with Crippen LogP contribution < -0.4 is 16.8 Å². The Morgan fingerprint density at radius 2 is 2.07 bits per heavy atom. The molecule has 3 rings (SSSR count). The van der Waals surface area contributed by atoms with Gasteiger partial charge in [0.15, 0.2) is 17.7 Å². The quantitative estimate of drug-likeness (QED) is 0.274. The first-order valence-corrected chi connectivity index (χ1v) is 9.99. The number of hydrogen-bond donors (Lipinski definition) is 6. The van der Waals surface area contributed by atoms with Crippen molar-refractivity contribution in [2.45, 2.75) is 69.2 Å². The summed E-state index contributed by atoms with van der Waals surface area (Å²) in [5, 5.41) is 33.5. The van der Waals surface area contributed by atoms with Gasteiger partial charge in [-0.1, -0.05) is 6.92 Å². The largest absolute Gasteiger partial charge is 0.480 e. The third-order valence-corrected chi connectivity index (χ3v) is 5.34. The molecule has 166 valence electrons. The molecule has 0 aliphatic carbocycles. The van der Waals surface area contributed by atoms with E-state index in [9.17, 15) is 15.0 Å². The number of aliphatic hydroxyl groups is 2. The number of nitrogens with zero attached hydrogens (tertiary/aromatic N) is 4. The van der Waals surface area contributed by atoms with Crippen LogP contribution in [-0.2, 0) is 9.53 Å². The van der Waals surface area contributed by atoms with Gasteiger partial charge in [0.05, 0.1) is 12.4 Å². The minimum atomic E-state index is -1.20. The van der Waals surface area contributed by atoms with Crippen molar-refractivity contribution >= 4 is 23.0 Å². The Morgan fingerprint density at radius 3 is 2.77 bits per heavy atom. The van der Waals surface area contributed by atoms with Gasteiger partial charge in [-0.05, 0) is 32.2 Å². The highest BCUT2D eigenvalue weighted by Gasteiger charge is 2.45. The van der Waals surface area contributed by atoms with Gasteiger partial charge in [-0.3, -0.25) is 9.36 Å². The average Bonchev–Trinajstić information content (AvgIpc) is 3.26. The molecule has 1 aliphatic rings. The van der Waals surface area contributed by atoms with Crippen molar-refractivity contribution in [1.82, 2.24) is 24.8 Å². The average molecular weight is 423 g/mol. The third kappa shape index (κ3) is 4.68. The predicted molar refractivity (Wildman–Crippen MR) is 107 cm³/mol. The molecule has 3 heterocycles. The fourth-order valence-electron chi connectivity index (χ4n) is 3.65. The Labute approximate surface area is 173 Å². The zero-order valence-electron chi connectivity index (χ0n) is 16.8. The highest BCUT2D eigenvalue weighted by molar-refractivity contribution is 5.81. The van der Waals surface area contributed by atoms with Gasteiger partial charge in [-0.25, -0.2) is 15.0 Å². The van der Waals surface area contributed by atoms with Crippen molar-refractivity contribution in [3.63, 3.8) is 0 Å². The molecule has 1 aliphatic heterocycles. The molecule has 2 aromatic rings. The van der Waals surface area contributed by atoms with Gasteiger partial charge in [-0.2, -0.15) is 0 Å². The van der Waals surface area contributed by atoms with Gasteiger partial charge in [0, 0.05) is 6.04 Å². The van der Waals surface area contributed by atoms with E-state index < -0.39 is 36.6 Å². The molecular weight excluding hydrogens is 394 g/mol. The first-order valence-electron chi connectivity index (χ1n) is 9.99. The number of nitrogen functional groups attached to an aromatic ring is 1. The summed E-state index contributed by atoms with van der Waals surface area (Å²) in [7, 11) is 0. The van der Waals surface area contributed by atoms with Crippen LogP contribution in [0.2, 0.25) is 0 Å². The van der Waals surface area contributed by atoms with E-state index in [-0.39, 0.29) is 18.3 Å². The third-order valence-electron chi connectivity index (χ3n) is 5.34. The van der Waals surface area contributed by atoms with Crippen LogP contribution in [0.3, 0.4) is 0 Å². The number of fused-ring (bicyclic) bond motifs is 1. The SMILES string of the molecule is CCCNC(CC[C@H](N)C(=O)O)C[C@H]1O[C@@H](n2cnc3c(N)ncnc32)[C@H](O)[C@@H]1O. The second-order valence-electron chi connectivity index (χ2n) is 7.54. The molecule has 30 heavy (non-hydrogen) atoms. The molecule has 0 amide bonds. The predicted octanol–water partition coefficient (Wildman–Crippen LogP) is -1.02. The lowest BCUT2D eigenvalue weighted by molar-refractivity contribution is -0.138. The first kappa shape index (κ1) is 22.3. The lowest BCUT2D eigenvalue weighted by Crippen LogP contribution is -2.40. The van der Waals surface area contributed by atoms with E-state index in [4.69, 9.17) is 21.3 Å². The van der Waals surface area contributed by atoms with Crippen molar-refractivity contribution < 1.29 is 24.9 Å². The molecule has 0 spiro atoms. The lowest BCUT2D eigenvalue weighted by Gasteiger charge is -2.24. The zero-order valence-corrected chi connectivity index (χ0v) is 16.8. The summed E-state index contributed by atoms with van der Waals surface area (Å²) in [4.78, 5) is 23.2. The van der Waals surface area contributed by atoms with Gasteiger partial charge >= 0.3 is 5.97 Å². The molecular formula is C18H29N7O5. The van der Waals surface area contributed by atoms with Gasteiger partial charge < -0.3 is 36.8 Å². The molecule has 1 saturated heterocycles. The topological polar surface area (TPSA) is 195 Å². The number of carbonyl (C=O) groups is 1. The number of aliphatic carboxylic acids is 1. The molecule has 6 atom stereocenters. The summed E-state index contributed by atoms with van der Waals surface area (Å²) in [6, 6.07) is -1.08. The Morgan fingerprint density at radius 1 is 1.30 bits per heavy atom. The number of ether oxygens (including phenoxy) is 1. The summed E-state index contributed by atoms with van der Waals surface area (Å²) >= 11 is 0. The maximum Gasteiger partial charge on any atom is 0.320 e. The molecule has 1 fully saturated rings. The van der Waals surface area contributed by atoms with Crippen LogP contribution in [0, 0.1) is 0 Å². The number of carboxylic acids is 1. The second-order valence-corrected chi connectivity index (χ2v) is 7.54. The van der Waals surface area contributed by atoms with Crippen molar-refractivity contribution in [2.75, 3.05) is 12.3 Å². The van der Waals surface area contributed by atoms with Crippen molar-refractivity contribution in [3.05, 3.63) is 12.7 Å². The lowest BCUT2D eigenvalue weighted by atomic mass is 9.97. The van der Waals surface area contributed by atoms with E-state index in [2.05, 4.69) is 20.3 Å². The summed E-state index contributed by atoms with van der Waals surface area (Å²) in [6.45, 7) is 2.75. The molecule has 0 radical (unpaired) electrons. The van der Waals surface area contributed by atoms with E-state index in [1.54, 1.807) is 0 Å². The van der Waals surface area contributed by atoms with E-state index in [0.29, 0.717) is 24.0 Å². The fourth-order valence-corrected chi connectivity index (χ4v) is 3.65. The number of hydrogen-bond acceptors (Lipinski definition) is 10. The van der Waals surface area contributed by atoms with Gasteiger partial charge in [0.25, 0.3) is 0 Å². The highest BCUT2D eigenvalue weighted by Crippen LogP contribution is 2.34. The molecule has 0 aromatic carbocycles. The molecule has 2 aromatic heterocycles. The molecule has 0 bridgehead atoms. The summed E-state index contributed by atoms with van der Waals surface area (Å²) < 4.78 is 7.50. The summed E-state index contributed by atoms with van der Waals surface area (Å²) in [6.07, 6.45) is 0.899. The number of nitrogens with two attached hydrogens (primary N) is 2. The second kappa shape index (κ2) is 9.62. The van der Waals surface area contributed by atoms with Gasteiger partial charge in [0.2, 0.25) is 0 Å². The van der Waals surface area contributed by atoms with Crippen LogP contribution in [0.25, 0.3) is 11.2 Å². The number of aliphatic hydroxyl groups excluding tert-OH is 2. The minimum Gasteiger partial charge on any atom is -0.480 e. The van der Waals surface area contributed by atoms with Crippen LogP contribution in [0.1, 0.15) is 38.8 Å². The van der Waals surface area contributed by atoms with Crippen molar-refractivity contribution in [2.24, 2.45) is 5.73 Å². The van der Waals surface area contributed by atoms with Crippen LogP contribution >= 0.6 is 0 Å². The first-order chi connectivity index (χ1) is 14.3. The number of imidazole rings is 1. The fraction of sp³-hybridized carbons (Fsp3) is 0.667. The molecule has 1 unspecified atom stereocenters. The van der Waals surface area contributed by atoms with Crippen LogP contribution in [-0.4, -0.2) is 77.7 Å². The van der Waals surface area contributed by atoms with Crippen LogP contribution in [0.15, 0.2) is 12.7 Å². The number of aromatic nitrogens is 4. The number of rotatable bonds is 10. The molecule has 12 nitrogen and oxygen atoms in total. The normalized spacial score (nSPS) is 26.1. The van der Waals surface area contributed by atoms with Crippen LogP contribution in [0.4, 0.5) is 5.82 Å². The van der Waals surface area contributed by atoms with Gasteiger partial charge in [0.1, 0.15) is 30.1 Å². The van der Waals surface area contributed by atoms with Crippen LogP contribution in [0.5, 0.6) is 0 Å². The van der Waals surface area contributed by atoms with Crippen molar-refractivity contribution in [1.29, 1.82) is 0 Å². The Kier molecular flexibility index (Phi) is 7.15. The molecule has 0 saturated carbocycles. The Hall–Kier alpha value is -2.38. The molecule has 8 N–H and O–H groups in total. The monoisotopic (exact) mass is 423 g/mol. The maximum atomic E-state index is 11.0. The Bertz CT molecular complexity index is 863.